The molecule has 0 aromatic rings. The van der Waals surface area contributed by atoms with E-state index in [9.17, 15) is 0 Å². The summed E-state index contributed by atoms with van der Waals surface area (Å²) < 4.78 is 6.39. The molecule has 2 aliphatic heterocycles. The summed E-state index contributed by atoms with van der Waals surface area (Å²) in [6, 6.07) is 0. The number of rotatable bonds is 4. The van der Waals surface area contributed by atoms with Crippen molar-refractivity contribution in [3.63, 3.8) is 0 Å². The lowest BCUT2D eigenvalue weighted by atomic mass is 9.88. The molecular weight excluding hydrogens is 260 g/mol. The van der Waals surface area contributed by atoms with Gasteiger partial charge in [0.15, 0.2) is 0 Å². The van der Waals surface area contributed by atoms with Crippen molar-refractivity contribution in [2.24, 2.45) is 11.3 Å². The molecule has 2 saturated heterocycles. The lowest BCUT2D eigenvalue weighted by Gasteiger charge is -2.38. The zero-order valence-corrected chi connectivity index (χ0v) is 14.1. The van der Waals surface area contributed by atoms with Crippen LogP contribution in [0.25, 0.3) is 0 Å². The Morgan fingerprint density at radius 2 is 1.71 bits per heavy atom. The number of nitrogens with one attached hydrogen (secondary N) is 1. The van der Waals surface area contributed by atoms with Crippen LogP contribution in [-0.2, 0) is 4.74 Å². The molecule has 0 aromatic heterocycles. The first-order chi connectivity index (χ1) is 10.1. The second-order valence-corrected chi connectivity index (χ2v) is 8.23. The highest BCUT2D eigenvalue weighted by molar-refractivity contribution is 4.88. The van der Waals surface area contributed by atoms with Gasteiger partial charge in [-0.15, -0.1) is 0 Å². The smallest absolute Gasteiger partial charge is 0.0603 e. The predicted octanol–water partition coefficient (Wildman–Crippen LogP) is 3.05. The molecule has 0 aromatic carbocycles. The van der Waals surface area contributed by atoms with E-state index in [4.69, 9.17) is 4.74 Å². The van der Waals surface area contributed by atoms with E-state index >= 15 is 0 Å². The van der Waals surface area contributed by atoms with Gasteiger partial charge in [0.1, 0.15) is 0 Å². The van der Waals surface area contributed by atoms with Crippen molar-refractivity contribution in [3.8, 4) is 0 Å². The highest BCUT2D eigenvalue weighted by Gasteiger charge is 2.32. The average molecular weight is 294 g/mol. The maximum Gasteiger partial charge on any atom is 0.0603 e. The molecule has 1 N–H and O–H groups in total. The average Bonchev–Trinajstić information content (AvgIpc) is 2.90. The Kier molecular flexibility index (Phi) is 5.23. The lowest BCUT2D eigenvalue weighted by molar-refractivity contribution is -0.0626. The van der Waals surface area contributed by atoms with Gasteiger partial charge >= 0.3 is 0 Å². The van der Waals surface area contributed by atoms with E-state index in [1.807, 2.05) is 0 Å². The fourth-order valence-electron chi connectivity index (χ4n) is 4.38. The van der Waals surface area contributed by atoms with Gasteiger partial charge in [-0.2, -0.15) is 0 Å². The van der Waals surface area contributed by atoms with E-state index in [0.29, 0.717) is 17.6 Å². The van der Waals surface area contributed by atoms with E-state index in [2.05, 4.69) is 24.1 Å². The zero-order chi connectivity index (χ0) is 14.7. The molecule has 1 atom stereocenters. The number of ether oxygens (including phenoxy) is 1. The largest absolute Gasteiger partial charge is 0.375 e. The summed E-state index contributed by atoms with van der Waals surface area (Å²) in [5.74, 6) is 0.924. The summed E-state index contributed by atoms with van der Waals surface area (Å²) in [5.41, 5.74) is 0.507. The molecule has 1 saturated carbocycles. The summed E-state index contributed by atoms with van der Waals surface area (Å²) in [4.78, 5) is 2.68. The molecule has 3 heteroatoms. The number of nitrogens with zero attached hydrogens (tertiary/aromatic N) is 1. The van der Waals surface area contributed by atoms with Crippen molar-refractivity contribution in [2.45, 2.75) is 71.0 Å². The molecule has 122 valence electrons. The predicted molar refractivity (Wildman–Crippen MR) is 87.6 cm³/mol. The molecule has 0 amide bonds. The van der Waals surface area contributed by atoms with Crippen molar-refractivity contribution >= 4 is 0 Å². The third-order valence-electron chi connectivity index (χ3n) is 5.94. The van der Waals surface area contributed by atoms with Gasteiger partial charge in [-0.05, 0) is 62.8 Å². The topological polar surface area (TPSA) is 24.5 Å². The third-order valence-corrected chi connectivity index (χ3v) is 5.94. The van der Waals surface area contributed by atoms with Crippen molar-refractivity contribution in [3.05, 3.63) is 0 Å². The fourth-order valence-corrected chi connectivity index (χ4v) is 4.38. The molecule has 3 rings (SSSR count). The Hall–Kier alpha value is -0.120. The Morgan fingerprint density at radius 3 is 2.33 bits per heavy atom. The highest BCUT2D eigenvalue weighted by atomic mass is 16.5. The Morgan fingerprint density at radius 1 is 1.05 bits per heavy atom. The van der Waals surface area contributed by atoms with Crippen molar-refractivity contribution in [2.75, 3.05) is 32.7 Å². The molecule has 3 fully saturated rings. The van der Waals surface area contributed by atoms with Gasteiger partial charge < -0.3 is 15.0 Å². The summed E-state index contributed by atoms with van der Waals surface area (Å²) >= 11 is 0. The van der Waals surface area contributed by atoms with E-state index in [0.717, 1.165) is 5.92 Å². The number of hydrogen-bond acceptors (Lipinski definition) is 3. The van der Waals surface area contributed by atoms with Crippen LogP contribution in [0.5, 0.6) is 0 Å². The van der Waals surface area contributed by atoms with Gasteiger partial charge in [-0.25, -0.2) is 0 Å². The minimum Gasteiger partial charge on any atom is -0.375 e. The molecule has 21 heavy (non-hydrogen) atoms. The van der Waals surface area contributed by atoms with Crippen LogP contribution in [0.2, 0.25) is 0 Å². The molecular formula is C18H34N2O. The van der Waals surface area contributed by atoms with Crippen molar-refractivity contribution in [1.29, 1.82) is 0 Å². The van der Waals surface area contributed by atoms with Gasteiger partial charge in [0.05, 0.1) is 12.2 Å². The molecule has 0 bridgehead atoms. The van der Waals surface area contributed by atoms with E-state index in [1.54, 1.807) is 0 Å². The van der Waals surface area contributed by atoms with Crippen molar-refractivity contribution < 1.29 is 4.74 Å². The lowest BCUT2D eigenvalue weighted by Crippen LogP contribution is -2.44. The SMILES string of the molecule is CC1CCC(OC2CCN(CC3(C)CCNC3)CC2)CC1. The fraction of sp³-hybridized carbons (Fsp3) is 1.00. The first-order valence-corrected chi connectivity index (χ1v) is 9.21. The molecule has 3 aliphatic rings. The maximum atomic E-state index is 6.39. The van der Waals surface area contributed by atoms with Gasteiger partial charge in [0.25, 0.3) is 0 Å². The monoisotopic (exact) mass is 294 g/mol. The van der Waals surface area contributed by atoms with Crippen LogP contribution in [0.3, 0.4) is 0 Å². The summed E-state index contributed by atoms with van der Waals surface area (Å²) in [5, 5.41) is 3.52. The molecule has 2 heterocycles. The van der Waals surface area contributed by atoms with Crippen LogP contribution in [0.1, 0.15) is 58.8 Å². The Balaban J connectivity index is 1.37. The highest BCUT2D eigenvalue weighted by Crippen LogP contribution is 2.30. The molecule has 1 unspecified atom stereocenters. The number of hydrogen-bond donors (Lipinski definition) is 1. The van der Waals surface area contributed by atoms with E-state index < -0.39 is 0 Å². The normalized spacial score (nSPS) is 39.7. The summed E-state index contributed by atoms with van der Waals surface area (Å²) in [6.45, 7) is 11.0. The molecule has 0 spiro atoms. The van der Waals surface area contributed by atoms with Crippen LogP contribution in [0.15, 0.2) is 0 Å². The standard InChI is InChI=1S/C18H34N2O/c1-15-3-5-16(6-4-15)21-17-7-11-20(12-8-17)14-18(2)9-10-19-13-18/h15-17,19H,3-14H2,1-2H3. The number of likely N-dealkylation sites (tertiary alicyclic amines) is 1. The quantitative estimate of drug-likeness (QED) is 0.862. The van der Waals surface area contributed by atoms with Crippen LogP contribution < -0.4 is 5.32 Å². The van der Waals surface area contributed by atoms with E-state index in [-0.39, 0.29) is 0 Å². The summed E-state index contributed by atoms with van der Waals surface area (Å²) in [6.07, 6.45) is 10.3. The molecule has 3 nitrogen and oxygen atoms in total. The van der Waals surface area contributed by atoms with E-state index in [1.165, 1.54) is 77.7 Å². The van der Waals surface area contributed by atoms with Gasteiger partial charge in [-0.3, -0.25) is 0 Å². The zero-order valence-electron chi connectivity index (χ0n) is 14.1. The van der Waals surface area contributed by atoms with Crippen LogP contribution in [0, 0.1) is 11.3 Å². The van der Waals surface area contributed by atoms with Crippen LogP contribution in [0.4, 0.5) is 0 Å². The second kappa shape index (κ2) is 6.97. The van der Waals surface area contributed by atoms with Crippen LogP contribution in [-0.4, -0.2) is 49.8 Å². The van der Waals surface area contributed by atoms with Gasteiger partial charge in [0, 0.05) is 26.2 Å². The third kappa shape index (κ3) is 4.43. The van der Waals surface area contributed by atoms with Gasteiger partial charge in [-0.1, -0.05) is 13.8 Å². The Bertz CT molecular complexity index is 311. The first-order valence-electron chi connectivity index (χ1n) is 9.21. The molecule has 0 radical (unpaired) electrons. The first kappa shape index (κ1) is 15.8. The Labute approximate surface area is 130 Å². The van der Waals surface area contributed by atoms with Crippen molar-refractivity contribution in [1.82, 2.24) is 10.2 Å². The second-order valence-electron chi connectivity index (χ2n) is 8.23. The van der Waals surface area contributed by atoms with Gasteiger partial charge in [0.2, 0.25) is 0 Å². The summed E-state index contributed by atoms with van der Waals surface area (Å²) in [7, 11) is 0. The minimum atomic E-state index is 0.507. The molecule has 1 aliphatic carbocycles. The van der Waals surface area contributed by atoms with Crippen LogP contribution >= 0.6 is 0 Å². The maximum absolute atomic E-state index is 6.39. The number of piperidine rings is 1. The minimum absolute atomic E-state index is 0.507.